The molecule has 0 aliphatic carbocycles. The van der Waals surface area contributed by atoms with Gasteiger partial charge in [-0.05, 0) is 60.0 Å². The van der Waals surface area contributed by atoms with E-state index in [1.165, 1.54) is 18.0 Å². The second-order valence-corrected chi connectivity index (χ2v) is 9.71. The van der Waals surface area contributed by atoms with E-state index in [-0.39, 0.29) is 5.91 Å². The number of nitrogens with one attached hydrogen (secondary N) is 1. The van der Waals surface area contributed by atoms with Crippen molar-refractivity contribution < 1.29 is 9.18 Å². The first kappa shape index (κ1) is 23.6. The minimum Gasteiger partial charge on any atom is -0.336 e. The van der Waals surface area contributed by atoms with Crippen LogP contribution in [0.25, 0.3) is 10.9 Å². The van der Waals surface area contributed by atoms with Crippen LogP contribution < -0.4 is 4.72 Å². The smallest absolute Gasteiger partial charge is 0.254 e. The molecule has 35 heavy (non-hydrogen) atoms. The second kappa shape index (κ2) is 10.6. The van der Waals surface area contributed by atoms with Crippen LogP contribution in [0.3, 0.4) is 0 Å². The summed E-state index contributed by atoms with van der Waals surface area (Å²) in [6.07, 6.45) is 1.74. The summed E-state index contributed by atoms with van der Waals surface area (Å²) in [6.45, 7) is 3.52. The highest BCUT2D eigenvalue weighted by Crippen LogP contribution is 2.29. The Morgan fingerprint density at radius 1 is 1.00 bits per heavy atom. The van der Waals surface area contributed by atoms with Crippen LogP contribution in [0.4, 0.5) is 10.1 Å². The molecule has 0 bridgehead atoms. The standard InChI is InChI=1S/C27H24ClFN4OS/c28-22-7-1-4-19(16-22)18-32-12-14-33(15-13-32)27(34)21-9-10-24(23(29)17-21)31-35-25-8-2-5-20-6-3-11-30-26(20)25/h1-11,16-17,31H,12-15,18H2. The zero-order valence-electron chi connectivity index (χ0n) is 19.0. The molecule has 0 radical (unpaired) electrons. The lowest BCUT2D eigenvalue weighted by Gasteiger charge is -2.34. The molecule has 1 N–H and O–H groups in total. The van der Waals surface area contributed by atoms with Crippen molar-refractivity contribution in [1.29, 1.82) is 0 Å². The third-order valence-corrected chi connectivity index (χ3v) is 7.14. The predicted molar refractivity (Wildman–Crippen MR) is 140 cm³/mol. The molecule has 8 heteroatoms. The molecule has 5 nitrogen and oxygen atoms in total. The molecule has 1 aliphatic rings. The van der Waals surface area contributed by atoms with Gasteiger partial charge in [0.1, 0.15) is 5.82 Å². The predicted octanol–water partition coefficient (Wildman–Crippen LogP) is 6.10. The number of nitrogens with zero attached hydrogens (tertiary/aromatic N) is 3. The minimum absolute atomic E-state index is 0.149. The van der Waals surface area contributed by atoms with Crippen molar-refractivity contribution in [3.63, 3.8) is 0 Å². The Bertz CT molecular complexity index is 1350. The van der Waals surface area contributed by atoms with Crippen molar-refractivity contribution in [2.45, 2.75) is 11.4 Å². The monoisotopic (exact) mass is 506 g/mol. The fourth-order valence-electron chi connectivity index (χ4n) is 4.18. The van der Waals surface area contributed by atoms with Gasteiger partial charge in [0.2, 0.25) is 0 Å². The molecule has 1 aliphatic heterocycles. The molecule has 2 heterocycles. The van der Waals surface area contributed by atoms with E-state index in [0.29, 0.717) is 24.3 Å². The summed E-state index contributed by atoms with van der Waals surface area (Å²) < 4.78 is 17.9. The van der Waals surface area contributed by atoms with Crippen LogP contribution in [0, 0.1) is 5.82 Å². The highest BCUT2D eigenvalue weighted by Gasteiger charge is 2.23. The third-order valence-electron chi connectivity index (χ3n) is 6.04. The van der Waals surface area contributed by atoms with Gasteiger partial charge in [-0.1, -0.05) is 41.9 Å². The van der Waals surface area contributed by atoms with Gasteiger partial charge in [-0.2, -0.15) is 0 Å². The van der Waals surface area contributed by atoms with E-state index in [9.17, 15) is 9.18 Å². The van der Waals surface area contributed by atoms with Gasteiger partial charge in [0, 0.05) is 54.9 Å². The fraction of sp³-hybridized carbons (Fsp3) is 0.185. The van der Waals surface area contributed by atoms with Crippen molar-refractivity contribution in [2.24, 2.45) is 0 Å². The third kappa shape index (κ3) is 5.59. The number of halogens is 2. The van der Waals surface area contributed by atoms with Gasteiger partial charge in [0.05, 0.1) is 16.1 Å². The Morgan fingerprint density at radius 3 is 2.60 bits per heavy atom. The van der Waals surface area contributed by atoms with Crippen LogP contribution in [0.5, 0.6) is 0 Å². The first-order valence-electron chi connectivity index (χ1n) is 11.4. The molecular weight excluding hydrogens is 483 g/mol. The lowest BCUT2D eigenvalue weighted by Crippen LogP contribution is -2.48. The first-order chi connectivity index (χ1) is 17.1. The maximum atomic E-state index is 14.9. The average Bonchev–Trinajstić information content (AvgIpc) is 2.88. The summed E-state index contributed by atoms with van der Waals surface area (Å²) in [5, 5.41) is 1.75. The number of piperazine rings is 1. The molecule has 178 valence electrons. The van der Waals surface area contributed by atoms with Gasteiger partial charge in [0.25, 0.3) is 5.91 Å². The molecule has 1 amide bonds. The number of hydrogen-bond donors (Lipinski definition) is 1. The molecule has 1 aromatic heterocycles. The summed E-state index contributed by atoms with van der Waals surface area (Å²) in [6, 6.07) is 22.2. The van der Waals surface area contributed by atoms with Gasteiger partial charge >= 0.3 is 0 Å². The first-order valence-corrected chi connectivity index (χ1v) is 12.6. The largest absolute Gasteiger partial charge is 0.336 e. The van der Waals surface area contributed by atoms with Crippen LogP contribution in [-0.2, 0) is 6.54 Å². The van der Waals surface area contributed by atoms with Gasteiger partial charge in [-0.3, -0.25) is 14.7 Å². The van der Waals surface area contributed by atoms with E-state index in [2.05, 4.69) is 20.7 Å². The molecule has 0 spiro atoms. The van der Waals surface area contributed by atoms with Crippen LogP contribution in [-0.4, -0.2) is 46.9 Å². The number of hydrogen-bond acceptors (Lipinski definition) is 5. The van der Waals surface area contributed by atoms with Crippen LogP contribution in [0.15, 0.2) is 83.9 Å². The number of para-hydroxylation sites is 1. The van der Waals surface area contributed by atoms with E-state index in [4.69, 9.17) is 11.6 Å². The molecular formula is C27H24ClFN4OS. The average molecular weight is 507 g/mol. The molecule has 0 unspecified atom stereocenters. The Morgan fingerprint density at radius 2 is 1.80 bits per heavy atom. The van der Waals surface area contributed by atoms with Gasteiger partial charge < -0.3 is 9.62 Å². The summed E-state index contributed by atoms with van der Waals surface area (Å²) in [7, 11) is 0. The zero-order chi connectivity index (χ0) is 24.2. The molecule has 0 saturated carbocycles. The lowest BCUT2D eigenvalue weighted by molar-refractivity contribution is 0.0628. The quantitative estimate of drug-likeness (QED) is 0.320. The number of amides is 1. The number of anilines is 1. The number of benzene rings is 3. The van der Waals surface area contributed by atoms with Crippen molar-refractivity contribution in [3.8, 4) is 0 Å². The van der Waals surface area contributed by atoms with E-state index >= 15 is 0 Å². The Hall–Kier alpha value is -3.13. The second-order valence-electron chi connectivity index (χ2n) is 8.43. The maximum absolute atomic E-state index is 14.9. The Kier molecular flexibility index (Phi) is 7.18. The Labute approximate surface area is 213 Å². The summed E-state index contributed by atoms with van der Waals surface area (Å²) in [5.41, 5.74) is 2.69. The molecule has 1 saturated heterocycles. The molecule has 3 aromatic carbocycles. The van der Waals surface area contributed by atoms with E-state index in [1.54, 1.807) is 23.2 Å². The lowest BCUT2D eigenvalue weighted by atomic mass is 10.1. The number of pyridine rings is 1. The van der Waals surface area contributed by atoms with Crippen molar-refractivity contribution in [2.75, 3.05) is 30.9 Å². The van der Waals surface area contributed by atoms with Gasteiger partial charge in [-0.15, -0.1) is 0 Å². The maximum Gasteiger partial charge on any atom is 0.254 e. The summed E-state index contributed by atoms with van der Waals surface area (Å²) in [5.74, 6) is -0.611. The number of carbonyl (C=O) groups excluding carboxylic acids is 1. The minimum atomic E-state index is -0.462. The number of rotatable bonds is 6. The number of carbonyl (C=O) groups is 1. The molecule has 5 rings (SSSR count). The number of aromatic nitrogens is 1. The van der Waals surface area contributed by atoms with Crippen molar-refractivity contribution >= 4 is 46.0 Å². The molecule has 4 aromatic rings. The highest BCUT2D eigenvalue weighted by molar-refractivity contribution is 8.00. The normalized spacial score (nSPS) is 14.3. The van der Waals surface area contributed by atoms with E-state index < -0.39 is 5.82 Å². The van der Waals surface area contributed by atoms with Crippen molar-refractivity contribution in [1.82, 2.24) is 14.8 Å². The van der Waals surface area contributed by atoms with Crippen LogP contribution in [0.1, 0.15) is 15.9 Å². The molecule has 0 atom stereocenters. The van der Waals surface area contributed by atoms with E-state index in [0.717, 1.165) is 46.0 Å². The van der Waals surface area contributed by atoms with Crippen LogP contribution >= 0.6 is 23.5 Å². The van der Waals surface area contributed by atoms with E-state index in [1.807, 2.05) is 48.5 Å². The van der Waals surface area contributed by atoms with Gasteiger partial charge in [0.15, 0.2) is 0 Å². The van der Waals surface area contributed by atoms with Crippen LogP contribution in [0.2, 0.25) is 5.02 Å². The zero-order valence-corrected chi connectivity index (χ0v) is 20.5. The Balaban J connectivity index is 1.19. The topological polar surface area (TPSA) is 48.5 Å². The van der Waals surface area contributed by atoms with Crippen molar-refractivity contribution in [3.05, 3.63) is 101 Å². The highest BCUT2D eigenvalue weighted by atomic mass is 35.5. The van der Waals surface area contributed by atoms with Gasteiger partial charge in [-0.25, -0.2) is 4.39 Å². The number of fused-ring (bicyclic) bond motifs is 1. The summed E-state index contributed by atoms with van der Waals surface area (Å²) in [4.78, 5) is 22.4. The SMILES string of the molecule is O=C(c1ccc(NSc2cccc3cccnc23)c(F)c1)N1CCN(Cc2cccc(Cl)c2)CC1. The molecule has 1 fully saturated rings. The summed E-state index contributed by atoms with van der Waals surface area (Å²) >= 11 is 7.38. The fourth-order valence-corrected chi connectivity index (χ4v) is 5.20.